The largest absolute Gasteiger partial charge is 0.481 e. The van der Waals surface area contributed by atoms with Crippen LogP contribution in [0, 0.1) is 5.92 Å². The smallest absolute Gasteiger partial charge is 0.403 e. The van der Waals surface area contributed by atoms with E-state index in [0.29, 0.717) is 5.75 Å². The van der Waals surface area contributed by atoms with Crippen LogP contribution < -0.4 is 5.32 Å². The normalized spacial score (nSPS) is 15.8. The summed E-state index contributed by atoms with van der Waals surface area (Å²) in [7, 11) is 0. The summed E-state index contributed by atoms with van der Waals surface area (Å²) in [6.45, 7) is 3.11. The van der Waals surface area contributed by atoms with Gasteiger partial charge >= 0.3 is 12.1 Å². The first-order valence-electron chi connectivity index (χ1n) is 4.89. The zero-order chi connectivity index (χ0) is 12.8. The van der Waals surface area contributed by atoms with Gasteiger partial charge in [-0.3, -0.25) is 4.79 Å². The van der Waals surface area contributed by atoms with Gasteiger partial charge in [0.1, 0.15) is 0 Å². The van der Waals surface area contributed by atoms with Crippen LogP contribution in [0.15, 0.2) is 0 Å². The molecule has 0 saturated heterocycles. The Kier molecular flexibility index (Phi) is 6.82. The molecule has 2 atom stereocenters. The van der Waals surface area contributed by atoms with Crippen LogP contribution in [0.1, 0.15) is 13.8 Å². The second-order valence-corrected chi connectivity index (χ2v) is 4.72. The van der Waals surface area contributed by atoms with Crippen molar-refractivity contribution in [2.24, 2.45) is 5.92 Å². The number of hydrogen-bond acceptors (Lipinski definition) is 3. The Morgan fingerprint density at radius 3 is 2.44 bits per heavy atom. The van der Waals surface area contributed by atoms with Gasteiger partial charge in [-0.1, -0.05) is 6.92 Å². The van der Waals surface area contributed by atoms with Gasteiger partial charge in [0.25, 0.3) is 0 Å². The number of carboxylic acids is 1. The molecule has 2 N–H and O–H groups in total. The van der Waals surface area contributed by atoms with Crippen molar-refractivity contribution in [1.82, 2.24) is 5.32 Å². The number of carbonyl (C=O) groups is 1. The fourth-order valence-corrected chi connectivity index (χ4v) is 1.72. The average Bonchev–Trinajstić information content (AvgIpc) is 2.12. The maximum absolute atomic E-state index is 12.2. The monoisotopic (exact) mass is 259 g/mol. The summed E-state index contributed by atoms with van der Waals surface area (Å²) in [4.78, 5) is 10.4. The lowest BCUT2D eigenvalue weighted by atomic mass is 10.1. The van der Waals surface area contributed by atoms with E-state index in [0.717, 1.165) is 5.75 Å². The molecule has 0 aromatic carbocycles. The van der Waals surface area contributed by atoms with Crippen molar-refractivity contribution in [2.75, 3.05) is 18.1 Å². The van der Waals surface area contributed by atoms with Gasteiger partial charge in [-0.2, -0.15) is 24.9 Å². The number of hydrogen-bond donors (Lipinski definition) is 2. The molecule has 0 aliphatic rings. The predicted molar refractivity (Wildman–Crippen MR) is 57.6 cm³/mol. The lowest BCUT2D eigenvalue weighted by Gasteiger charge is -2.19. The number of aliphatic carboxylic acids is 1. The molecule has 0 aliphatic carbocycles. The highest BCUT2D eigenvalue weighted by molar-refractivity contribution is 7.99. The lowest BCUT2D eigenvalue weighted by Crippen LogP contribution is -2.42. The van der Waals surface area contributed by atoms with E-state index in [1.54, 1.807) is 18.7 Å². The highest BCUT2D eigenvalue weighted by Crippen LogP contribution is 2.25. The Morgan fingerprint density at radius 2 is 2.06 bits per heavy atom. The molecule has 0 heterocycles. The van der Waals surface area contributed by atoms with Crippen molar-refractivity contribution in [3.63, 3.8) is 0 Å². The van der Waals surface area contributed by atoms with Gasteiger partial charge in [-0.25, -0.2) is 0 Å². The fraction of sp³-hybridized carbons (Fsp3) is 0.889. The quantitative estimate of drug-likeness (QED) is 0.734. The molecule has 3 nitrogen and oxygen atoms in total. The summed E-state index contributed by atoms with van der Waals surface area (Å²) < 4.78 is 36.7. The summed E-state index contributed by atoms with van der Waals surface area (Å²) >= 11 is 1.59. The van der Waals surface area contributed by atoms with Crippen LogP contribution in [0.2, 0.25) is 0 Å². The van der Waals surface area contributed by atoms with E-state index in [9.17, 15) is 18.0 Å². The predicted octanol–water partition coefficient (Wildman–Crippen LogP) is 1.98. The highest BCUT2D eigenvalue weighted by atomic mass is 32.2. The van der Waals surface area contributed by atoms with E-state index in [4.69, 9.17) is 5.11 Å². The number of rotatable bonds is 7. The maximum atomic E-state index is 12.2. The molecule has 0 bridgehead atoms. The van der Waals surface area contributed by atoms with Crippen LogP contribution in [-0.4, -0.2) is 41.3 Å². The molecule has 7 heteroatoms. The van der Waals surface area contributed by atoms with Crippen molar-refractivity contribution in [3.05, 3.63) is 0 Å². The summed E-state index contributed by atoms with van der Waals surface area (Å²) in [6.07, 6.45) is -4.70. The Balaban J connectivity index is 4.08. The average molecular weight is 259 g/mol. The third kappa shape index (κ3) is 6.22. The molecule has 96 valence electrons. The minimum absolute atomic E-state index is 0.130. The molecular weight excluding hydrogens is 243 g/mol. The van der Waals surface area contributed by atoms with E-state index in [1.807, 2.05) is 6.92 Å². The third-order valence-electron chi connectivity index (χ3n) is 1.94. The van der Waals surface area contributed by atoms with Crippen LogP contribution in [0.5, 0.6) is 0 Å². The van der Waals surface area contributed by atoms with Crippen molar-refractivity contribution < 1.29 is 23.1 Å². The van der Waals surface area contributed by atoms with Crippen molar-refractivity contribution in [3.8, 4) is 0 Å². The fourth-order valence-electron chi connectivity index (χ4n) is 1.02. The molecule has 0 aliphatic heterocycles. The van der Waals surface area contributed by atoms with Crippen LogP contribution >= 0.6 is 11.8 Å². The van der Waals surface area contributed by atoms with Gasteiger partial charge in [-0.05, 0) is 12.7 Å². The van der Waals surface area contributed by atoms with E-state index in [2.05, 4.69) is 5.32 Å². The zero-order valence-corrected chi connectivity index (χ0v) is 9.99. The summed E-state index contributed by atoms with van der Waals surface area (Å²) in [5.41, 5.74) is 0. The van der Waals surface area contributed by atoms with Crippen LogP contribution in [0.3, 0.4) is 0 Å². The molecule has 0 saturated carbocycles. The van der Waals surface area contributed by atoms with Crippen LogP contribution in [0.4, 0.5) is 13.2 Å². The van der Waals surface area contributed by atoms with E-state index < -0.39 is 24.6 Å². The van der Waals surface area contributed by atoms with Crippen LogP contribution in [0.25, 0.3) is 0 Å². The van der Waals surface area contributed by atoms with Gasteiger partial charge in [0.05, 0.1) is 0 Å². The van der Waals surface area contributed by atoms with Crippen molar-refractivity contribution in [1.29, 1.82) is 0 Å². The molecule has 0 radical (unpaired) electrons. The standard InChI is InChI=1S/C9H16F3NO2S/c1-3-16-5-6(2)13-4-7(8(14)15)9(10,11)12/h6-7,13H,3-5H2,1-2H3,(H,14,15). The summed E-state index contributed by atoms with van der Waals surface area (Å²) in [6, 6.07) is -0.130. The minimum Gasteiger partial charge on any atom is -0.481 e. The van der Waals surface area contributed by atoms with Crippen molar-refractivity contribution >= 4 is 17.7 Å². The molecule has 2 unspecified atom stereocenters. The van der Waals surface area contributed by atoms with Gasteiger partial charge in [0, 0.05) is 18.3 Å². The van der Waals surface area contributed by atoms with Gasteiger partial charge in [0.15, 0.2) is 5.92 Å². The SMILES string of the molecule is CCSCC(C)NCC(C(=O)O)C(F)(F)F. The molecule has 0 spiro atoms. The molecule has 0 aromatic rings. The Hall–Kier alpha value is -0.430. The topological polar surface area (TPSA) is 49.3 Å². The Morgan fingerprint density at radius 1 is 1.50 bits per heavy atom. The molecule has 0 aromatic heterocycles. The number of nitrogens with one attached hydrogen (secondary N) is 1. The Bertz CT molecular complexity index is 223. The van der Waals surface area contributed by atoms with Gasteiger partial charge < -0.3 is 10.4 Å². The summed E-state index contributed by atoms with van der Waals surface area (Å²) in [5, 5.41) is 11.0. The number of carboxylic acid groups (broad SMARTS) is 1. The van der Waals surface area contributed by atoms with E-state index >= 15 is 0 Å². The number of thioether (sulfide) groups is 1. The summed E-state index contributed by atoms with van der Waals surface area (Å²) in [5.74, 6) is -2.62. The molecule has 16 heavy (non-hydrogen) atoms. The third-order valence-corrected chi connectivity index (χ3v) is 3.08. The lowest BCUT2D eigenvalue weighted by molar-refractivity contribution is -0.192. The van der Waals surface area contributed by atoms with E-state index in [-0.39, 0.29) is 6.04 Å². The van der Waals surface area contributed by atoms with Gasteiger partial charge in [-0.15, -0.1) is 0 Å². The van der Waals surface area contributed by atoms with Gasteiger partial charge in [0.2, 0.25) is 0 Å². The molecular formula is C9H16F3NO2S. The zero-order valence-electron chi connectivity index (χ0n) is 9.17. The number of halogens is 3. The second-order valence-electron chi connectivity index (χ2n) is 3.40. The first kappa shape index (κ1) is 15.6. The second kappa shape index (κ2) is 7.01. The maximum Gasteiger partial charge on any atom is 0.403 e. The minimum atomic E-state index is -4.70. The highest BCUT2D eigenvalue weighted by Gasteiger charge is 2.44. The molecule has 0 amide bonds. The van der Waals surface area contributed by atoms with E-state index in [1.165, 1.54) is 0 Å². The van der Waals surface area contributed by atoms with Crippen molar-refractivity contribution in [2.45, 2.75) is 26.1 Å². The molecule has 0 rings (SSSR count). The van der Waals surface area contributed by atoms with Crippen LogP contribution in [-0.2, 0) is 4.79 Å². The first-order valence-corrected chi connectivity index (χ1v) is 6.05. The number of alkyl halides is 3. The molecule has 0 fully saturated rings. The Labute approximate surface area is 96.8 Å². The first-order chi connectivity index (χ1) is 7.29.